The zero-order valence-electron chi connectivity index (χ0n) is 11.1. The van der Waals surface area contributed by atoms with Crippen molar-refractivity contribution in [3.63, 3.8) is 0 Å². The molecule has 0 aliphatic carbocycles. The van der Waals surface area contributed by atoms with Crippen molar-refractivity contribution in [2.75, 3.05) is 18.0 Å². The second kappa shape index (κ2) is 6.29. The van der Waals surface area contributed by atoms with Gasteiger partial charge in [-0.3, -0.25) is 0 Å². The third-order valence-electron chi connectivity index (χ3n) is 4.01. The van der Waals surface area contributed by atoms with E-state index in [2.05, 4.69) is 46.8 Å². The maximum Gasteiger partial charge on any atom is 0.0426 e. The predicted octanol–water partition coefficient (Wildman–Crippen LogP) is 5.11. The van der Waals surface area contributed by atoms with Crippen LogP contribution in [0.2, 0.25) is 5.02 Å². The fraction of sp³-hybridized carbons (Fsp3) is 0.600. The van der Waals surface area contributed by atoms with E-state index >= 15 is 0 Å². The van der Waals surface area contributed by atoms with Gasteiger partial charge in [0, 0.05) is 29.1 Å². The summed E-state index contributed by atoms with van der Waals surface area (Å²) in [7, 11) is 0. The number of rotatable bonds is 3. The monoisotopic (exact) mass is 329 g/mol. The van der Waals surface area contributed by atoms with Crippen molar-refractivity contribution in [2.45, 2.75) is 32.0 Å². The largest absolute Gasteiger partial charge is 0.371 e. The number of piperidine rings is 1. The molecule has 0 N–H and O–H groups in total. The van der Waals surface area contributed by atoms with Crippen molar-refractivity contribution in [1.29, 1.82) is 0 Å². The average Bonchev–Trinajstić information content (AvgIpc) is 2.39. The molecule has 0 unspecified atom stereocenters. The highest BCUT2D eigenvalue weighted by Crippen LogP contribution is 2.32. The molecule has 3 heteroatoms. The lowest BCUT2D eigenvalue weighted by atomic mass is 9.86. The first-order valence-electron chi connectivity index (χ1n) is 6.71. The van der Waals surface area contributed by atoms with Gasteiger partial charge in [-0.15, -0.1) is 0 Å². The molecular weight excluding hydrogens is 310 g/mol. The van der Waals surface area contributed by atoms with E-state index in [0.717, 1.165) is 35.3 Å². The Morgan fingerprint density at radius 1 is 1.33 bits per heavy atom. The highest BCUT2D eigenvalue weighted by atomic mass is 79.9. The Balaban J connectivity index is 2.11. The standard InChI is InChI=1S/C15H21BrClN/c1-11(2)12-5-7-18(8-6-12)15-9-14(17)4-3-13(15)10-16/h3-4,9,11-12H,5-8,10H2,1-2H3. The highest BCUT2D eigenvalue weighted by molar-refractivity contribution is 9.08. The Morgan fingerprint density at radius 2 is 2.00 bits per heavy atom. The summed E-state index contributed by atoms with van der Waals surface area (Å²) in [6.45, 7) is 6.99. The minimum Gasteiger partial charge on any atom is -0.371 e. The van der Waals surface area contributed by atoms with Gasteiger partial charge >= 0.3 is 0 Å². The van der Waals surface area contributed by atoms with Crippen molar-refractivity contribution in [3.05, 3.63) is 28.8 Å². The van der Waals surface area contributed by atoms with Crippen LogP contribution in [-0.4, -0.2) is 13.1 Å². The van der Waals surface area contributed by atoms with Gasteiger partial charge in [0.05, 0.1) is 0 Å². The summed E-state index contributed by atoms with van der Waals surface area (Å²) in [5, 5.41) is 1.73. The molecule has 0 atom stereocenters. The zero-order valence-corrected chi connectivity index (χ0v) is 13.5. The second-order valence-corrected chi connectivity index (χ2v) is 6.47. The number of benzene rings is 1. The van der Waals surface area contributed by atoms with E-state index in [4.69, 9.17) is 11.6 Å². The lowest BCUT2D eigenvalue weighted by Crippen LogP contribution is -2.35. The van der Waals surface area contributed by atoms with Crippen molar-refractivity contribution in [2.24, 2.45) is 11.8 Å². The molecule has 0 bridgehead atoms. The van der Waals surface area contributed by atoms with Crippen molar-refractivity contribution in [3.8, 4) is 0 Å². The summed E-state index contributed by atoms with van der Waals surface area (Å²) in [6, 6.07) is 6.21. The van der Waals surface area contributed by atoms with E-state index in [1.165, 1.54) is 24.1 Å². The lowest BCUT2D eigenvalue weighted by molar-refractivity contribution is 0.311. The summed E-state index contributed by atoms with van der Waals surface area (Å²) in [5.74, 6) is 1.69. The number of hydrogen-bond donors (Lipinski definition) is 0. The maximum atomic E-state index is 6.13. The third kappa shape index (κ3) is 3.21. The van der Waals surface area contributed by atoms with E-state index in [1.807, 2.05) is 6.07 Å². The second-order valence-electron chi connectivity index (χ2n) is 5.48. The highest BCUT2D eigenvalue weighted by Gasteiger charge is 2.22. The molecule has 1 aromatic carbocycles. The molecule has 1 fully saturated rings. The van der Waals surface area contributed by atoms with Crippen LogP contribution in [0.5, 0.6) is 0 Å². The van der Waals surface area contributed by atoms with Gasteiger partial charge < -0.3 is 4.90 Å². The molecule has 1 heterocycles. The van der Waals surface area contributed by atoms with Gasteiger partial charge in [-0.25, -0.2) is 0 Å². The predicted molar refractivity (Wildman–Crippen MR) is 83.9 cm³/mol. The molecular formula is C15H21BrClN. The average molecular weight is 331 g/mol. The normalized spacial score (nSPS) is 17.5. The first kappa shape index (κ1) is 14.2. The third-order valence-corrected chi connectivity index (χ3v) is 4.85. The molecule has 0 amide bonds. The van der Waals surface area contributed by atoms with E-state index in [1.54, 1.807) is 0 Å². The zero-order chi connectivity index (χ0) is 13.1. The molecule has 1 aliphatic rings. The van der Waals surface area contributed by atoms with Gasteiger partial charge in [0.2, 0.25) is 0 Å². The van der Waals surface area contributed by atoms with E-state index in [0.29, 0.717) is 0 Å². The van der Waals surface area contributed by atoms with Crippen LogP contribution >= 0.6 is 27.5 Å². The smallest absolute Gasteiger partial charge is 0.0426 e. The van der Waals surface area contributed by atoms with Gasteiger partial charge in [0.15, 0.2) is 0 Å². The van der Waals surface area contributed by atoms with Gasteiger partial charge in [-0.1, -0.05) is 47.4 Å². The fourth-order valence-electron chi connectivity index (χ4n) is 2.75. The lowest BCUT2D eigenvalue weighted by Gasteiger charge is -2.36. The minimum absolute atomic E-state index is 0.808. The summed E-state index contributed by atoms with van der Waals surface area (Å²) >= 11 is 9.70. The van der Waals surface area contributed by atoms with Crippen LogP contribution in [0.1, 0.15) is 32.3 Å². The molecule has 0 spiro atoms. The number of hydrogen-bond acceptors (Lipinski definition) is 1. The van der Waals surface area contributed by atoms with E-state index < -0.39 is 0 Å². The van der Waals surface area contributed by atoms with Crippen LogP contribution in [0.3, 0.4) is 0 Å². The molecule has 1 saturated heterocycles. The maximum absolute atomic E-state index is 6.13. The Labute approximate surface area is 124 Å². The number of anilines is 1. The Bertz CT molecular complexity index is 397. The quantitative estimate of drug-likeness (QED) is 0.696. The van der Waals surface area contributed by atoms with Crippen molar-refractivity contribution >= 4 is 33.2 Å². The van der Waals surface area contributed by atoms with Crippen LogP contribution in [0, 0.1) is 11.8 Å². The van der Waals surface area contributed by atoms with Gasteiger partial charge in [-0.2, -0.15) is 0 Å². The van der Waals surface area contributed by atoms with Crippen LogP contribution in [0.25, 0.3) is 0 Å². The number of alkyl halides is 1. The Morgan fingerprint density at radius 3 is 2.56 bits per heavy atom. The van der Waals surface area contributed by atoms with Crippen LogP contribution in [0.15, 0.2) is 18.2 Å². The minimum atomic E-state index is 0.808. The van der Waals surface area contributed by atoms with E-state index in [-0.39, 0.29) is 0 Å². The van der Waals surface area contributed by atoms with Gasteiger partial charge in [-0.05, 0) is 42.4 Å². The molecule has 0 aromatic heterocycles. The molecule has 1 aromatic rings. The van der Waals surface area contributed by atoms with Crippen molar-refractivity contribution < 1.29 is 0 Å². The first-order chi connectivity index (χ1) is 8.61. The van der Waals surface area contributed by atoms with Crippen LogP contribution < -0.4 is 4.90 Å². The topological polar surface area (TPSA) is 3.24 Å². The fourth-order valence-corrected chi connectivity index (χ4v) is 3.39. The van der Waals surface area contributed by atoms with Gasteiger partial charge in [0.1, 0.15) is 0 Å². The molecule has 100 valence electrons. The summed E-state index contributed by atoms with van der Waals surface area (Å²) in [5.41, 5.74) is 2.64. The SMILES string of the molecule is CC(C)C1CCN(c2cc(Cl)ccc2CBr)CC1. The summed E-state index contributed by atoms with van der Waals surface area (Å²) < 4.78 is 0. The Hall–Kier alpha value is -0.210. The van der Waals surface area contributed by atoms with E-state index in [9.17, 15) is 0 Å². The molecule has 1 aliphatic heterocycles. The van der Waals surface area contributed by atoms with Crippen molar-refractivity contribution in [1.82, 2.24) is 0 Å². The summed E-state index contributed by atoms with van der Waals surface area (Å²) in [6.07, 6.45) is 2.60. The molecule has 18 heavy (non-hydrogen) atoms. The molecule has 0 radical (unpaired) electrons. The van der Waals surface area contributed by atoms with Crippen LogP contribution in [-0.2, 0) is 5.33 Å². The first-order valence-corrected chi connectivity index (χ1v) is 8.21. The Kier molecular flexibility index (Phi) is 4.97. The molecule has 1 nitrogen and oxygen atoms in total. The summed E-state index contributed by atoms with van der Waals surface area (Å²) in [4.78, 5) is 2.49. The molecule has 0 saturated carbocycles. The van der Waals surface area contributed by atoms with Gasteiger partial charge in [0.25, 0.3) is 0 Å². The molecule has 2 rings (SSSR count). The number of nitrogens with zero attached hydrogens (tertiary/aromatic N) is 1. The van der Waals surface area contributed by atoms with Crippen LogP contribution in [0.4, 0.5) is 5.69 Å². The number of halogens is 2.